The van der Waals surface area contributed by atoms with E-state index in [2.05, 4.69) is 31.0 Å². The Kier molecular flexibility index (Phi) is 3.42. The molecule has 0 unspecified atom stereocenters. The highest BCUT2D eigenvalue weighted by molar-refractivity contribution is 6.02. The molecule has 1 heterocycles. The fourth-order valence-corrected chi connectivity index (χ4v) is 2.49. The minimum atomic E-state index is -0.163. The lowest BCUT2D eigenvalue weighted by Crippen LogP contribution is -2.17. The second-order valence-electron chi connectivity index (χ2n) is 5.76. The second kappa shape index (κ2) is 5.24. The van der Waals surface area contributed by atoms with Crippen molar-refractivity contribution in [2.75, 3.05) is 13.7 Å². The third-order valence-corrected chi connectivity index (χ3v) is 3.52. The molecule has 0 aliphatic carbocycles. The average Bonchev–Trinajstić information content (AvgIpc) is 2.87. The standard InChI is InChI=1S/C18H19NO2/c1-18(2)12-21-17(19-18)15-10-5-4-8-13(15)14-9-6-7-11-16(14)20-3/h4-11H,12H2,1-3H3. The molecule has 0 aromatic heterocycles. The van der Waals surface area contributed by atoms with Gasteiger partial charge in [-0.15, -0.1) is 0 Å². The van der Waals surface area contributed by atoms with Crippen LogP contribution in [0.15, 0.2) is 53.5 Å². The summed E-state index contributed by atoms with van der Waals surface area (Å²) in [6, 6.07) is 16.1. The molecular weight excluding hydrogens is 262 g/mol. The van der Waals surface area contributed by atoms with E-state index in [1.54, 1.807) is 7.11 Å². The lowest BCUT2D eigenvalue weighted by molar-refractivity contribution is 0.279. The van der Waals surface area contributed by atoms with Gasteiger partial charge in [-0.3, -0.25) is 0 Å². The molecule has 0 amide bonds. The normalized spacial score (nSPS) is 16.2. The molecule has 0 N–H and O–H groups in total. The van der Waals surface area contributed by atoms with E-state index in [4.69, 9.17) is 9.47 Å². The largest absolute Gasteiger partial charge is 0.496 e. The first-order valence-corrected chi connectivity index (χ1v) is 7.06. The number of aliphatic imine (C=N–C) groups is 1. The predicted molar refractivity (Wildman–Crippen MR) is 85.0 cm³/mol. The lowest BCUT2D eigenvalue weighted by atomic mass is 9.98. The van der Waals surface area contributed by atoms with Crippen LogP contribution < -0.4 is 4.74 Å². The van der Waals surface area contributed by atoms with E-state index < -0.39 is 0 Å². The number of rotatable bonds is 3. The molecule has 0 spiro atoms. The summed E-state index contributed by atoms with van der Waals surface area (Å²) in [6.07, 6.45) is 0. The van der Waals surface area contributed by atoms with Crippen molar-refractivity contribution in [3.8, 4) is 16.9 Å². The zero-order chi connectivity index (χ0) is 14.9. The summed E-state index contributed by atoms with van der Waals surface area (Å²) in [4.78, 5) is 4.69. The Labute approximate surface area is 125 Å². The molecule has 3 nitrogen and oxygen atoms in total. The van der Waals surface area contributed by atoms with Crippen LogP contribution in [0.1, 0.15) is 19.4 Å². The van der Waals surface area contributed by atoms with Crippen LogP contribution in [0.4, 0.5) is 0 Å². The predicted octanol–water partition coefficient (Wildman–Crippen LogP) is 3.92. The van der Waals surface area contributed by atoms with Gasteiger partial charge in [0.25, 0.3) is 0 Å². The Bertz CT molecular complexity index is 689. The SMILES string of the molecule is COc1ccccc1-c1ccccc1C1=NC(C)(C)CO1. The van der Waals surface area contributed by atoms with Crippen molar-refractivity contribution in [3.63, 3.8) is 0 Å². The van der Waals surface area contributed by atoms with Crippen molar-refractivity contribution in [3.05, 3.63) is 54.1 Å². The van der Waals surface area contributed by atoms with Gasteiger partial charge in [-0.25, -0.2) is 4.99 Å². The molecule has 3 heteroatoms. The molecule has 3 rings (SSSR count). The summed E-state index contributed by atoms with van der Waals surface area (Å²) in [5.74, 6) is 1.56. The Morgan fingerprint density at radius 2 is 1.57 bits per heavy atom. The van der Waals surface area contributed by atoms with Crippen molar-refractivity contribution >= 4 is 5.90 Å². The molecule has 0 saturated heterocycles. The Balaban J connectivity index is 2.13. The van der Waals surface area contributed by atoms with Crippen molar-refractivity contribution in [1.29, 1.82) is 0 Å². The van der Waals surface area contributed by atoms with Gasteiger partial charge in [-0.2, -0.15) is 0 Å². The van der Waals surface area contributed by atoms with Gasteiger partial charge in [0, 0.05) is 11.1 Å². The molecule has 2 aromatic carbocycles. The Hall–Kier alpha value is -2.29. The molecule has 0 saturated carbocycles. The molecule has 2 aromatic rings. The molecule has 0 bridgehead atoms. The van der Waals surface area contributed by atoms with E-state index in [0.717, 1.165) is 22.4 Å². The van der Waals surface area contributed by atoms with Crippen molar-refractivity contribution in [1.82, 2.24) is 0 Å². The molecule has 1 aliphatic heterocycles. The van der Waals surface area contributed by atoms with E-state index in [0.29, 0.717) is 12.5 Å². The average molecular weight is 281 g/mol. The smallest absolute Gasteiger partial charge is 0.217 e. The van der Waals surface area contributed by atoms with Gasteiger partial charge < -0.3 is 9.47 Å². The van der Waals surface area contributed by atoms with Gasteiger partial charge in [0.15, 0.2) is 0 Å². The number of methoxy groups -OCH3 is 1. The Morgan fingerprint density at radius 1 is 0.952 bits per heavy atom. The first-order valence-electron chi connectivity index (χ1n) is 7.06. The number of hydrogen-bond acceptors (Lipinski definition) is 3. The molecule has 0 radical (unpaired) electrons. The van der Waals surface area contributed by atoms with E-state index >= 15 is 0 Å². The van der Waals surface area contributed by atoms with Crippen LogP contribution in [0.2, 0.25) is 0 Å². The van der Waals surface area contributed by atoms with Gasteiger partial charge in [-0.05, 0) is 31.5 Å². The van der Waals surface area contributed by atoms with Crippen LogP contribution >= 0.6 is 0 Å². The van der Waals surface area contributed by atoms with Crippen molar-refractivity contribution in [2.45, 2.75) is 19.4 Å². The molecule has 0 fully saturated rings. The van der Waals surface area contributed by atoms with Gasteiger partial charge in [0.2, 0.25) is 5.90 Å². The van der Waals surface area contributed by atoms with E-state index in [1.807, 2.05) is 36.4 Å². The van der Waals surface area contributed by atoms with E-state index in [9.17, 15) is 0 Å². The highest BCUT2D eigenvalue weighted by atomic mass is 16.5. The third-order valence-electron chi connectivity index (χ3n) is 3.52. The van der Waals surface area contributed by atoms with Gasteiger partial charge in [0.05, 0.1) is 12.6 Å². The Morgan fingerprint density at radius 3 is 2.19 bits per heavy atom. The number of nitrogens with zero attached hydrogens (tertiary/aromatic N) is 1. The maximum absolute atomic E-state index is 5.80. The van der Waals surface area contributed by atoms with E-state index in [-0.39, 0.29) is 5.54 Å². The van der Waals surface area contributed by atoms with Crippen LogP contribution in [0.3, 0.4) is 0 Å². The summed E-state index contributed by atoms with van der Waals surface area (Å²) in [6.45, 7) is 4.76. The lowest BCUT2D eigenvalue weighted by Gasteiger charge is -2.12. The summed E-state index contributed by atoms with van der Waals surface area (Å²) in [5, 5.41) is 0. The molecule has 0 atom stereocenters. The molecular formula is C18H19NO2. The quantitative estimate of drug-likeness (QED) is 0.853. The highest BCUT2D eigenvalue weighted by Gasteiger charge is 2.28. The van der Waals surface area contributed by atoms with Crippen LogP contribution in [0.5, 0.6) is 5.75 Å². The number of ether oxygens (including phenoxy) is 2. The van der Waals surface area contributed by atoms with Crippen molar-refractivity contribution < 1.29 is 9.47 Å². The molecule has 1 aliphatic rings. The second-order valence-corrected chi connectivity index (χ2v) is 5.76. The van der Waals surface area contributed by atoms with Crippen LogP contribution in [0.25, 0.3) is 11.1 Å². The maximum atomic E-state index is 5.80. The highest BCUT2D eigenvalue weighted by Crippen LogP contribution is 2.34. The molecule has 108 valence electrons. The van der Waals surface area contributed by atoms with Crippen molar-refractivity contribution in [2.24, 2.45) is 4.99 Å². The summed E-state index contributed by atoms with van der Waals surface area (Å²) in [5.41, 5.74) is 2.97. The van der Waals surface area contributed by atoms with Gasteiger partial charge in [-0.1, -0.05) is 36.4 Å². The zero-order valence-electron chi connectivity index (χ0n) is 12.6. The zero-order valence-corrected chi connectivity index (χ0v) is 12.6. The maximum Gasteiger partial charge on any atom is 0.217 e. The third kappa shape index (κ3) is 2.64. The van der Waals surface area contributed by atoms with Crippen LogP contribution in [-0.4, -0.2) is 25.2 Å². The molecule has 21 heavy (non-hydrogen) atoms. The monoisotopic (exact) mass is 281 g/mol. The number of hydrogen-bond donors (Lipinski definition) is 0. The summed E-state index contributed by atoms with van der Waals surface area (Å²) >= 11 is 0. The fourth-order valence-electron chi connectivity index (χ4n) is 2.49. The van der Waals surface area contributed by atoms with Crippen LogP contribution in [0, 0.1) is 0 Å². The van der Waals surface area contributed by atoms with Crippen LogP contribution in [-0.2, 0) is 4.74 Å². The summed E-state index contributed by atoms with van der Waals surface area (Å²) < 4.78 is 11.3. The topological polar surface area (TPSA) is 30.8 Å². The summed E-state index contributed by atoms with van der Waals surface area (Å²) in [7, 11) is 1.69. The number of benzene rings is 2. The minimum absolute atomic E-state index is 0.163. The fraction of sp³-hybridized carbons (Fsp3) is 0.278. The van der Waals surface area contributed by atoms with Gasteiger partial charge in [0.1, 0.15) is 12.4 Å². The minimum Gasteiger partial charge on any atom is -0.496 e. The van der Waals surface area contributed by atoms with E-state index in [1.165, 1.54) is 0 Å². The first-order chi connectivity index (χ1) is 10.1. The number of para-hydroxylation sites is 1. The van der Waals surface area contributed by atoms with Gasteiger partial charge >= 0.3 is 0 Å². The first kappa shape index (κ1) is 13.7.